The van der Waals surface area contributed by atoms with Gasteiger partial charge in [0.15, 0.2) is 0 Å². The van der Waals surface area contributed by atoms with Crippen LogP contribution in [0.2, 0.25) is 0 Å². The number of thioether (sulfide) groups is 1. The molecule has 0 aromatic carbocycles. The minimum Gasteiger partial charge on any atom is -0.351 e. The van der Waals surface area contributed by atoms with Gasteiger partial charge in [0.1, 0.15) is 0 Å². The zero-order chi connectivity index (χ0) is 3.54. The quantitative estimate of drug-likeness (QED) is 0.370. The van der Waals surface area contributed by atoms with E-state index in [9.17, 15) is 0 Å². The van der Waals surface area contributed by atoms with Crippen LogP contribution in [-0.2, 0) is 16.5 Å². The molecule has 0 aromatic heterocycles. The van der Waals surface area contributed by atoms with Gasteiger partial charge in [-0.3, -0.25) is 5.75 Å². The molecule has 1 fully saturated rings. The summed E-state index contributed by atoms with van der Waals surface area (Å²) in [7, 11) is 0. The molecule has 0 spiro atoms. The molecular weight excluding hydrogens is 139 g/mol. The summed E-state index contributed by atoms with van der Waals surface area (Å²) in [4.78, 5) is 0. The molecule has 0 nitrogen and oxygen atoms in total. The summed E-state index contributed by atoms with van der Waals surface area (Å²) in [6.45, 7) is 0. The zero-order valence-corrected chi connectivity index (χ0v) is 5.23. The maximum absolute atomic E-state index is 2.28. The van der Waals surface area contributed by atoms with Crippen LogP contribution >= 0.6 is 11.8 Å². The maximum atomic E-state index is 2.28. The summed E-state index contributed by atoms with van der Waals surface area (Å²) in [6, 6.07) is 0. The second-order valence-corrected chi connectivity index (χ2v) is 2.25. The average molecular weight is 146 g/mol. The summed E-state index contributed by atoms with van der Waals surface area (Å²) in [6.07, 6.45) is 2.75. The van der Waals surface area contributed by atoms with Gasteiger partial charge in [-0.05, 0) is 5.75 Å². The Labute approximate surface area is 53.0 Å². The van der Waals surface area contributed by atoms with Crippen LogP contribution in [0.25, 0.3) is 0 Å². The van der Waals surface area contributed by atoms with E-state index in [1.807, 2.05) is 11.8 Å². The first kappa shape index (κ1) is 6.84. The molecule has 0 N–H and O–H groups in total. The van der Waals surface area contributed by atoms with Crippen molar-refractivity contribution < 1.29 is 16.5 Å². The largest absolute Gasteiger partial charge is 0.351 e. The molecule has 0 amide bonds. The molecular formula is C4H7NiS-. The van der Waals surface area contributed by atoms with Gasteiger partial charge in [-0.15, -0.1) is 0 Å². The van der Waals surface area contributed by atoms with Crippen molar-refractivity contribution in [2.75, 3.05) is 5.75 Å². The zero-order valence-electron chi connectivity index (χ0n) is 3.42. The smallest absolute Gasteiger partial charge is 0 e. The van der Waals surface area contributed by atoms with Crippen LogP contribution < -0.4 is 0 Å². The molecule has 0 aliphatic carbocycles. The van der Waals surface area contributed by atoms with E-state index in [-0.39, 0.29) is 16.5 Å². The van der Waals surface area contributed by atoms with E-state index in [1.165, 1.54) is 18.6 Å². The Morgan fingerprint density at radius 2 is 2.33 bits per heavy atom. The molecule has 0 bridgehead atoms. The van der Waals surface area contributed by atoms with Crippen molar-refractivity contribution in [3.8, 4) is 0 Å². The number of rotatable bonds is 0. The third kappa shape index (κ3) is 2.10. The van der Waals surface area contributed by atoms with Crippen LogP contribution in [0.4, 0.5) is 0 Å². The predicted molar refractivity (Wildman–Crippen MR) is 26.0 cm³/mol. The summed E-state index contributed by atoms with van der Waals surface area (Å²) < 4.78 is 0. The fourth-order valence-electron chi connectivity index (χ4n) is 0.417. The molecule has 1 saturated heterocycles. The molecule has 1 rings (SSSR count). The normalized spacial score (nSPS) is 20.0. The van der Waals surface area contributed by atoms with Crippen molar-refractivity contribution >= 4 is 11.8 Å². The number of hydrogen-bond donors (Lipinski definition) is 0. The molecule has 40 valence electrons. The van der Waals surface area contributed by atoms with E-state index in [1.54, 1.807) is 0 Å². The van der Waals surface area contributed by atoms with Gasteiger partial charge in [0, 0.05) is 16.5 Å². The van der Waals surface area contributed by atoms with E-state index >= 15 is 0 Å². The second kappa shape index (κ2) is 4.01. The summed E-state index contributed by atoms with van der Waals surface area (Å²) in [5.74, 6) is 3.64. The predicted octanol–water partition coefficient (Wildman–Crippen LogP) is 1.67. The maximum Gasteiger partial charge on any atom is 0 e. The van der Waals surface area contributed by atoms with Crippen LogP contribution in [0.1, 0.15) is 12.8 Å². The third-order valence-corrected chi connectivity index (χ3v) is 1.70. The summed E-state index contributed by atoms with van der Waals surface area (Å²) in [5, 5.41) is 0. The molecule has 6 heavy (non-hydrogen) atoms. The van der Waals surface area contributed by atoms with Gasteiger partial charge in [-0.1, -0.05) is 6.42 Å². The van der Waals surface area contributed by atoms with Crippen molar-refractivity contribution in [1.82, 2.24) is 0 Å². The van der Waals surface area contributed by atoms with Gasteiger partial charge in [0.2, 0.25) is 0 Å². The molecule has 0 atom stereocenters. The Morgan fingerprint density at radius 3 is 2.50 bits per heavy atom. The van der Waals surface area contributed by atoms with Crippen LogP contribution in [-0.4, -0.2) is 5.75 Å². The van der Waals surface area contributed by atoms with Gasteiger partial charge >= 0.3 is 0 Å². The van der Waals surface area contributed by atoms with E-state index in [0.717, 1.165) is 0 Å². The van der Waals surface area contributed by atoms with Gasteiger partial charge in [-0.25, -0.2) is 0 Å². The molecule has 1 heterocycles. The molecule has 1 aliphatic rings. The third-order valence-electron chi connectivity index (χ3n) is 0.702. The molecule has 1 aliphatic heterocycles. The van der Waals surface area contributed by atoms with Crippen LogP contribution in [0.15, 0.2) is 0 Å². The Bertz CT molecular complexity index is 19.1. The fraction of sp³-hybridized carbons (Fsp3) is 0.750. The van der Waals surface area contributed by atoms with Gasteiger partial charge in [-0.2, -0.15) is 6.42 Å². The first-order valence-corrected chi connectivity index (χ1v) is 2.98. The Hall–Kier alpha value is 0.844. The molecule has 0 radical (unpaired) electrons. The SMILES string of the molecule is [CH-]1CCCS1.[Ni]. The standard InChI is InChI=1S/C4H7S.Ni/c1-2-4-5-3-1;/h3H,1-2,4H2;/q-1;. The fourth-order valence-corrected chi connectivity index (χ4v) is 1.25. The Kier molecular flexibility index (Phi) is 4.58. The average Bonchev–Trinajstić information content (AvgIpc) is 1.76. The van der Waals surface area contributed by atoms with Gasteiger partial charge < -0.3 is 11.8 Å². The van der Waals surface area contributed by atoms with Crippen molar-refractivity contribution in [2.24, 2.45) is 0 Å². The van der Waals surface area contributed by atoms with Crippen molar-refractivity contribution in [2.45, 2.75) is 12.8 Å². The first-order valence-electron chi connectivity index (χ1n) is 1.93. The Balaban J connectivity index is 0.000000250. The first-order chi connectivity index (χ1) is 2.50. The Morgan fingerprint density at radius 1 is 1.50 bits per heavy atom. The molecule has 0 aromatic rings. The minimum atomic E-state index is 0. The van der Waals surface area contributed by atoms with E-state index in [0.29, 0.717) is 0 Å². The van der Waals surface area contributed by atoms with Gasteiger partial charge in [0.05, 0.1) is 0 Å². The summed E-state index contributed by atoms with van der Waals surface area (Å²) >= 11 is 1.95. The monoisotopic (exact) mass is 145 g/mol. The molecule has 2 heteroatoms. The molecule has 0 unspecified atom stereocenters. The van der Waals surface area contributed by atoms with E-state index in [4.69, 9.17) is 0 Å². The molecule has 0 saturated carbocycles. The second-order valence-electron chi connectivity index (χ2n) is 1.18. The van der Waals surface area contributed by atoms with E-state index in [2.05, 4.69) is 5.75 Å². The summed E-state index contributed by atoms with van der Waals surface area (Å²) in [5.41, 5.74) is 0. The topological polar surface area (TPSA) is 0 Å². The van der Waals surface area contributed by atoms with Crippen molar-refractivity contribution in [3.63, 3.8) is 0 Å². The van der Waals surface area contributed by atoms with Gasteiger partial charge in [0.25, 0.3) is 0 Å². The van der Waals surface area contributed by atoms with E-state index < -0.39 is 0 Å². The number of hydrogen-bond acceptors (Lipinski definition) is 1. The van der Waals surface area contributed by atoms with Crippen LogP contribution in [0, 0.1) is 5.75 Å². The van der Waals surface area contributed by atoms with Crippen molar-refractivity contribution in [3.05, 3.63) is 5.75 Å². The minimum absolute atomic E-state index is 0. The van der Waals surface area contributed by atoms with Crippen LogP contribution in [0.5, 0.6) is 0 Å². The van der Waals surface area contributed by atoms with Crippen LogP contribution in [0.3, 0.4) is 0 Å². The van der Waals surface area contributed by atoms with Crippen molar-refractivity contribution in [1.29, 1.82) is 0 Å².